The molecule has 3 fully saturated rings. The van der Waals surface area contributed by atoms with Crippen LogP contribution in [0.25, 0.3) is 0 Å². The third-order valence-corrected chi connectivity index (χ3v) is 8.83. The summed E-state index contributed by atoms with van der Waals surface area (Å²) in [4.78, 5) is 14.9. The Kier molecular flexibility index (Phi) is 4.34. The van der Waals surface area contributed by atoms with Crippen LogP contribution in [-0.4, -0.2) is 29.2 Å². The van der Waals surface area contributed by atoms with Crippen LogP contribution in [-0.2, 0) is 22.2 Å². The zero-order valence-corrected chi connectivity index (χ0v) is 20.6. The Morgan fingerprint density at radius 2 is 1.88 bits per heavy atom. The van der Waals surface area contributed by atoms with Gasteiger partial charge in [0, 0.05) is 21.8 Å². The minimum atomic E-state index is -0.453. The van der Waals surface area contributed by atoms with Crippen LogP contribution in [0.5, 0.6) is 5.75 Å². The Hall–Kier alpha value is -2.01. The van der Waals surface area contributed by atoms with Crippen LogP contribution >= 0.6 is 15.9 Å². The summed E-state index contributed by atoms with van der Waals surface area (Å²) in [6.07, 6.45) is 4.83. The third-order valence-electron chi connectivity index (χ3n) is 8.31. The molecular formula is C27H30BrNO3. The maximum Gasteiger partial charge on any atom is 0.410 e. The first-order valence-corrected chi connectivity index (χ1v) is 12.6. The number of amides is 1. The lowest BCUT2D eigenvalue weighted by atomic mass is 9.23. The quantitative estimate of drug-likeness (QED) is 0.498. The van der Waals surface area contributed by atoms with Crippen molar-refractivity contribution < 1.29 is 14.3 Å². The molecule has 1 aliphatic heterocycles. The van der Waals surface area contributed by atoms with E-state index in [1.54, 1.807) is 0 Å². The highest BCUT2D eigenvalue weighted by atomic mass is 79.9. The number of hydrogen-bond acceptors (Lipinski definition) is 3. The molecule has 1 amide bonds. The van der Waals surface area contributed by atoms with Gasteiger partial charge in [0.2, 0.25) is 0 Å². The van der Waals surface area contributed by atoms with Crippen molar-refractivity contribution in [1.82, 2.24) is 4.90 Å². The van der Waals surface area contributed by atoms with Crippen LogP contribution in [0, 0.1) is 5.92 Å². The fourth-order valence-corrected chi connectivity index (χ4v) is 7.54. The van der Waals surface area contributed by atoms with E-state index in [9.17, 15) is 4.79 Å². The molecule has 6 rings (SSSR count). The van der Waals surface area contributed by atoms with Gasteiger partial charge in [-0.15, -0.1) is 0 Å². The molecule has 2 aromatic carbocycles. The molecule has 4 atom stereocenters. The van der Waals surface area contributed by atoms with Crippen molar-refractivity contribution in [2.24, 2.45) is 5.92 Å². The van der Waals surface area contributed by atoms with Crippen molar-refractivity contribution >= 4 is 22.0 Å². The van der Waals surface area contributed by atoms with Gasteiger partial charge in [0.05, 0.1) is 6.04 Å². The fourth-order valence-electron chi connectivity index (χ4n) is 7.28. The number of piperidine rings is 1. The second-order valence-electron chi connectivity index (χ2n) is 11.0. The van der Waals surface area contributed by atoms with E-state index < -0.39 is 5.60 Å². The fraction of sp³-hybridized carbons (Fsp3) is 0.519. The molecule has 0 radical (unpaired) electrons. The summed E-state index contributed by atoms with van der Waals surface area (Å²) in [7, 11) is 0. The zero-order valence-electron chi connectivity index (χ0n) is 19.0. The largest absolute Gasteiger partial charge is 0.489 e. The standard InChI is InChI=1S/C27H30BrNO3/c1-25(2,3)32-24(30)29-16-27-20-12-11-19(31-15-17-7-9-18(28)10-8-17)14-22(20)26(27)13-5-4-6-21(26)23(27)29/h7-12,14,21,23H,4-6,13,15-16H2,1-3H3. The predicted octanol–water partition coefficient (Wildman–Crippen LogP) is 6.34. The van der Waals surface area contributed by atoms with E-state index in [0.29, 0.717) is 18.6 Å². The molecule has 2 aromatic rings. The van der Waals surface area contributed by atoms with Crippen LogP contribution in [0.15, 0.2) is 46.9 Å². The number of carbonyl (C=O) groups is 1. The van der Waals surface area contributed by atoms with Crippen molar-refractivity contribution in [2.45, 2.75) is 75.5 Å². The Morgan fingerprint density at radius 1 is 1.09 bits per heavy atom. The van der Waals surface area contributed by atoms with E-state index in [4.69, 9.17) is 9.47 Å². The molecule has 32 heavy (non-hydrogen) atoms. The lowest BCUT2D eigenvalue weighted by molar-refractivity contribution is -0.237. The molecule has 1 heterocycles. The minimum absolute atomic E-state index is 0.143. The monoisotopic (exact) mass is 495 g/mol. The molecule has 0 aromatic heterocycles. The molecule has 1 saturated heterocycles. The Bertz CT molecular complexity index is 1090. The average molecular weight is 496 g/mol. The lowest BCUT2D eigenvalue weighted by Gasteiger charge is -2.85. The first-order valence-electron chi connectivity index (χ1n) is 11.8. The summed E-state index contributed by atoms with van der Waals surface area (Å²) in [6.45, 7) is 7.21. The van der Waals surface area contributed by atoms with Gasteiger partial charge in [-0.25, -0.2) is 4.79 Å². The first-order chi connectivity index (χ1) is 15.3. The van der Waals surface area contributed by atoms with Gasteiger partial charge in [-0.2, -0.15) is 0 Å². The number of benzene rings is 2. The predicted molar refractivity (Wildman–Crippen MR) is 127 cm³/mol. The highest BCUT2D eigenvalue weighted by molar-refractivity contribution is 9.10. The van der Waals surface area contributed by atoms with Crippen LogP contribution in [0.4, 0.5) is 4.79 Å². The third kappa shape index (κ3) is 2.57. The van der Waals surface area contributed by atoms with Gasteiger partial charge >= 0.3 is 6.09 Å². The molecule has 0 N–H and O–H groups in total. The highest BCUT2D eigenvalue weighted by Crippen LogP contribution is 2.80. The molecule has 4 nitrogen and oxygen atoms in total. The van der Waals surface area contributed by atoms with Crippen molar-refractivity contribution in [3.05, 3.63) is 63.6 Å². The Labute approximate surface area is 198 Å². The van der Waals surface area contributed by atoms with E-state index >= 15 is 0 Å². The topological polar surface area (TPSA) is 38.8 Å². The molecule has 2 saturated carbocycles. The van der Waals surface area contributed by atoms with Crippen molar-refractivity contribution in [3.8, 4) is 5.75 Å². The normalized spacial score (nSPS) is 31.6. The van der Waals surface area contributed by atoms with Gasteiger partial charge in [0.1, 0.15) is 18.0 Å². The first kappa shape index (κ1) is 20.6. The van der Waals surface area contributed by atoms with Crippen LogP contribution in [0.2, 0.25) is 0 Å². The van der Waals surface area contributed by atoms with Gasteiger partial charge in [0.15, 0.2) is 0 Å². The minimum Gasteiger partial charge on any atom is -0.489 e. The second kappa shape index (κ2) is 6.75. The number of rotatable bonds is 3. The summed E-state index contributed by atoms with van der Waals surface area (Å²) in [5.41, 5.74) is 4.02. The number of fused-ring (bicyclic) bond motifs is 2. The number of carbonyl (C=O) groups excluding carboxylic acids is 1. The molecule has 0 bridgehead atoms. The van der Waals surface area contributed by atoms with Crippen LogP contribution < -0.4 is 4.74 Å². The molecule has 4 unspecified atom stereocenters. The van der Waals surface area contributed by atoms with E-state index in [0.717, 1.165) is 22.3 Å². The van der Waals surface area contributed by atoms with E-state index in [1.165, 1.54) is 36.8 Å². The molecule has 2 spiro atoms. The highest BCUT2D eigenvalue weighted by Gasteiger charge is 2.85. The summed E-state index contributed by atoms with van der Waals surface area (Å²) in [6, 6.07) is 15.3. The average Bonchev–Trinajstić information content (AvgIpc) is 2.72. The number of likely N-dealkylation sites (tertiary alicyclic amines) is 1. The molecular weight excluding hydrogens is 466 g/mol. The molecule has 4 aliphatic rings. The summed E-state index contributed by atoms with van der Waals surface area (Å²) in [5.74, 6) is 1.50. The van der Waals surface area contributed by atoms with E-state index in [-0.39, 0.29) is 16.9 Å². The van der Waals surface area contributed by atoms with Crippen molar-refractivity contribution in [3.63, 3.8) is 0 Å². The van der Waals surface area contributed by atoms with E-state index in [1.807, 2.05) is 37.8 Å². The summed E-state index contributed by atoms with van der Waals surface area (Å²) < 4.78 is 13.0. The number of ether oxygens (including phenoxy) is 2. The van der Waals surface area contributed by atoms with Crippen molar-refractivity contribution in [1.29, 1.82) is 0 Å². The van der Waals surface area contributed by atoms with Gasteiger partial charge in [-0.3, -0.25) is 0 Å². The number of hydrogen-bond donors (Lipinski definition) is 0. The Balaban J connectivity index is 1.25. The number of halogens is 1. The lowest BCUT2D eigenvalue weighted by Crippen LogP contribution is -2.93. The zero-order chi connectivity index (χ0) is 22.3. The molecule has 3 aliphatic carbocycles. The van der Waals surface area contributed by atoms with Gasteiger partial charge in [-0.05, 0) is 80.5 Å². The maximum absolute atomic E-state index is 12.9. The van der Waals surface area contributed by atoms with Gasteiger partial charge in [0.25, 0.3) is 0 Å². The summed E-state index contributed by atoms with van der Waals surface area (Å²) in [5, 5.41) is 0. The van der Waals surface area contributed by atoms with E-state index in [2.05, 4.69) is 46.3 Å². The second-order valence-corrected chi connectivity index (χ2v) is 11.9. The smallest absolute Gasteiger partial charge is 0.410 e. The van der Waals surface area contributed by atoms with Gasteiger partial charge in [-0.1, -0.05) is 47.0 Å². The molecule has 168 valence electrons. The summed E-state index contributed by atoms with van der Waals surface area (Å²) >= 11 is 3.49. The van der Waals surface area contributed by atoms with Crippen LogP contribution in [0.1, 0.15) is 63.1 Å². The SMILES string of the molecule is CC(C)(C)OC(=O)N1CC23c4ccc(OCc5ccc(Br)cc5)cc4C24CCCCC4C13. The van der Waals surface area contributed by atoms with Gasteiger partial charge < -0.3 is 14.4 Å². The van der Waals surface area contributed by atoms with Crippen molar-refractivity contribution in [2.75, 3.05) is 6.54 Å². The molecule has 5 heteroatoms. The number of nitrogens with zero attached hydrogens (tertiary/aromatic N) is 1. The van der Waals surface area contributed by atoms with Crippen LogP contribution in [0.3, 0.4) is 0 Å². The Morgan fingerprint density at radius 3 is 2.62 bits per heavy atom. The maximum atomic E-state index is 12.9.